The number of likely N-dealkylation sites (tertiary alicyclic amines) is 1. The molecule has 2 aromatic rings. The number of amides is 1. The van der Waals surface area contributed by atoms with Gasteiger partial charge in [0.2, 0.25) is 5.91 Å². The number of fused-ring (bicyclic) bond motifs is 3. The van der Waals surface area contributed by atoms with Crippen molar-refractivity contribution in [3.05, 3.63) is 35.0 Å². The second kappa shape index (κ2) is 6.41. The van der Waals surface area contributed by atoms with Crippen LogP contribution in [0.3, 0.4) is 0 Å². The molecular formula is C22H29N3O. The van der Waals surface area contributed by atoms with E-state index in [-0.39, 0.29) is 6.04 Å². The Balaban J connectivity index is 1.48. The van der Waals surface area contributed by atoms with E-state index in [4.69, 9.17) is 0 Å². The molecule has 0 bridgehead atoms. The van der Waals surface area contributed by atoms with Crippen LogP contribution in [-0.4, -0.2) is 46.5 Å². The number of nitrogens with zero attached hydrogens (tertiary/aromatic N) is 3. The van der Waals surface area contributed by atoms with E-state index in [1.54, 1.807) is 0 Å². The minimum Gasteiger partial charge on any atom is -0.341 e. The van der Waals surface area contributed by atoms with Crippen molar-refractivity contribution in [3.63, 3.8) is 0 Å². The number of rotatable bonds is 2. The molecule has 3 heterocycles. The van der Waals surface area contributed by atoms with Gasteiger partial charge in [-0.3, -0.25) is 9.69 Å². The van der Waals surface area contributed by atoms with Crippen LogP contribution in [0.1, 0.15) is 55.0 Å². The number of aromatic nitrogens is 1. The third kappa shape index (κ3) is 2.58. The average molecular weight is 351 g/mol. The van der Waals surface area contributed by atoms with Crippen molar-refractivity contribution in [2.45, 2.75) is 58.0 Å². The predicted molar refractivity (Wildman–Crippen MR) is 104 cm³/mol. The fourth-order valence-electron chi connectivity index (χ4n) is 5.42. The number of benzene rings is 1. The number of carbonyl (C=O) groups is 1. The van der Waals surface area contributed by atoms with E-state index in [1.165, 1.54) is 53.4 Å². The van der Waals surface area contributed by atoms with Crippen LogP contribution in [0.15, 0.2) is 18.2 Å². The maximum Gasteiger partial charge on any atom is 0.237 e. The maximum absolute atomic E-state index is 13.1. The van der Waals surface area contributed by atoms with E-state index in [0.29, 0.717) is 12.5 Å². The lowest BCUT2D eigenvalue weighted by atomic mass is 9.89. The van der Waals surface area contributed by atoms with Gasteiger partial charge in [-0.15, -0.1) is 0 Å². The van der Waals surface area contributed by atoms with Gasteiger partial charge < -0.3 is 9.47 Å². The molecule has 0 N–H and O–H groups in total. The second-order valence-corrected chi connectivity index (χ2v) is 8.37. The first-order valence-electron chi connectivity index (χ1n) is 10.4. The zero-order chi connectivity index (χ0) is 17.7. The number of aryl methyl sites for hydroxylation is 2. The standard InChI is InChI=1S/C22H29N3O/c1-16-8-9-19-18(14-16)17-6-5-7-20-22(17)25(19)13-12-24(20)21(26)15-23-10-3-2-4-11-23/h8-9,14,20H,2-7,10-13,15H2,1H3/t20-/m0/s1. The molecule has 1 atom stereocenters. The SMILES string of the molecule is Cc1ccc2c(c1)c1c3n2CCN(C(=O)CN2CCCCC2)[C@H]3CCC1. The Kier molecular flexibility index (Phi) is 4.04. The van der Waals surface area contributed by atoms with Gasteiger partial charge in [-0.25, -0.2) is 0 Å². The monoisotopic (exact) mass is 351 g/mol. The molecule has 0 radical (unpaired) electrons. The molecule has 1 aromatic carbocycles. The smallest absolute Gasteiger partial charge is 0.237 e. The van der Waals surface area contributed by atoms with Crippen molar-refractivity contribution in [3.8, 4) is 0 Å². The van der Waals surface area contributed by atoms with Gasteiger partial charge in [-0.1, -0.05) is 18.1 Å². The van der Waals surface area contributed by atoms with Crippen LogP contribution in [0.25, 0.3) is 10.9 Å². The Labute approximate surface area is 155 Å². The van der Waals surface area contributed by atoms with E-state index in [9.17, 15) is 4.79 Å². The average Bonchev–Trinajstić information content (AvgIpc) is 2.98. The summed E-state index contributed by atoms with van der Waals surface area (Å²) in [6, 6.07) is 7.14. The molecule has 5 rings (SSSR count). The van der Waals surface area contributed by atoms with Gasteiger partial charge >= 0.3 is 0 Å². The zero-order valence-electron chi connectivity index (χ0n) is 15.8. The Morgan fingerprint density at radius 3 is 2.77 bits per heavy atom. The summed E-state index contributed by atoms with van der Waals surface area (Å²) in [4.78, 5) is 17.7. The first-order valence-corrected chi connectivity index (χ1v) is 10.4. The van der Waals surface area contributed by atoms with E-state index in [0.717, 1.165) is 39.0 Å². The fraction of sp³-hybridized carbons (Fsp3) is 0.591. The molecule has 2 aliphatic heterocycles. The molecular weight excluding hydrogens is 322 g/mol. The Hall–Kier alpha value is -1.81. The third-order valence-corrected chi connectivity index (χ3v) is 6.66. The highest BCUT2D eigenvalue weighted by Gasteiger charge is 2.37. The van der Waals surface area contributed by atoms with Crippen molar-refractivity contribution in [2.75, 3.05) is 26.2 Å². The summed E-state index contributed by atoms with van der Waals surface area (Å²) in [6.45, 7) is 6.78. The number of piperidine rings is 1. The van der Waals surface area contributed by atoms with Gasteiger partial charge in [-0.2, -0.15) is 0 Å². The van der Waals surface area contributed by atoms with Gasteiger partial charge in [0.05, 0.1) is 12.6 Å². The highest BCUT2D eigenvalue weighted by Crippen LogP contribution is 2.42. The highest BCUT2D eigenvalue weighted by atomic mass is 16.2. The van der Waals surface area contributed by atoms with Gasteiger partial charge in [0, 0.05) is 29.7 Å². The summed E-state index contributed by atoms with van der Waals surface area (Å²) in [6.07, 6.45) is 7.28. The molecule has 1 aromatic heterocycles. The van der Waals surface area contributed by atoms with Crippen LogP contribution in [0.5, 0.6) is 0 Å². The van der Waals surface area contributed by atoms with Crippen LogP contribution < -0.4 is 0 Å². The molecule has 1 saturated heterocycles. The molecule has 1 aliphatic carbocycles. The summed E-state index contributed by atoms with van der Waals surface area (Å²) >= 11 is 0. The topological polar surface area (TPSA) is 28.5 Å². The normalized spacial score (nSPS) is 23.3. The first kappa shape index (κ1) is 16.4. The van der Waals surface area contributed by atoms with Crippen molar-refractivity contribution >= 4 is 16.8 Å². The highest BCUT2D eigenvalue weighted by molar-refractivity contribution is 5.88. The van der Waals surface area contributed by atoms with Crippen molar-refractivity contribution in [1.29, 1.82) is 0 Å². The first-order chi connectivity index (χ1) is 12.7. The number of hydrogen-bond donors (Lipinski definition) is 0. The van der Waals surface area contributed by atoms with Crippen molar-refractivity contribution in [2.24, 2.45) is 0 Å². The van der Waals surface area contributed by atoms with Gasteiger partial charge in [-0.05, 0) is 69.8 Å². The summed E-state index contributed by atoms with van der Waals surface area (Å²) in [5.41, 5.74) is 5.65. The van der Waals surface area contributed by atoms with Crippen LogP contribution in [0.2, 0.25) is 0 Å². The predicted octanol–water partition coefficient (Wildman–Crippen LogP) is 3.66. The summed E-state index contributed by atoms with van der Waals surface area (Å²) in [5.74, 6) is 0.345. The quantitative estimate of drug-likeness (QED) is 0.826. The van der Waals surface area contributed by atoms with Crippen LogP contribution in [0, 0.1) is 6.92 Å². The fourth-order valence-corrected chi connectivity index (χ4v) is 5.42. The molecule has 4 nitrogen and oxygen atoms in total. The minimum absolute atomic E-state index is 0.289. The van der Waals surface area contributed by atoms with Crippen molar-refractivity contribution in [1.82, 2.24) is 14.4 Å². The number of carbonyl (C=O) groups excluding carboxylic acids is 1. The number of hydrogen-bond acceptors (Lipinski definition) is 2. The molecule has 1 amide bonds. The lowest BCUT2D eigenvalue weighted by Gasteiger charge is -2.41. The second-order valence-electron chi connectivity index (χ2n) is 8.37. The zero-order valence-corrected chi connectivity index (χ0v) is 15.8. The molecule has 4 heteroatoms. The lowest BCUT2D eigenvalue weighted by molar-refractivity contribution is -0.136. The van der Waals surface area contributed by atoms with Gasteiger partial charge in [0.1, 0.15) is 0 Å². The molecule has 26 heavy (non-hydrogen) atoms. The molecule has 0 unspecified atom stereocenters. The molecule has 1 fully saturated rings. The van der Waals surface area contributed by atoms with Crippen LogP contribution >= 0.6 is 0 Å². The largest absolute Gasteiger partial charge is 0.341 e. The van der Waals surface area contributed by atoms with Gasteiger partial charge in [0.15, 0.2) is 0 Å². The van der Waals surface area contributed by atoms with Gasteiger partial charge in [0.25, 0.3) is 0 Å². The summed E-state index contributed by atoms with van der Waals surface area (Å²) < 4.78 is 2.51. The van der Waals surface area contributed by atoms with E-state index >= 15 is 0 Å². The third-order valence-electron chi connectivity index (χ3n) is 6.66. The summed E-state index contributed by atoms with van der Waals surface area (Å²) in [7, 11) is 0. The Morgan fingerprint density at radius 1 is 1.08 bits per heavy atom. The summed E-state index contributed by atoms with van der Waals surface area (Å²) in [5, 5.41) is 1.43. The molecule has 138 valence electrons. The van der Waals surface area contributed by atoms with E-state index in [2.05, 4.69) is 39.5 Å². The molecule has 0 spiro atoms. The van der Waals surface area contributed by atoms with Crippen LogP contribution in [-0.2, 0) is 17.8 Å². The Morgan fingerprint density at radius 2 is 1.92 bits per heavy atom. The van der Waals surface area contributed by atoms with Crippen LogP contribution in [0.4, 0.5) is 0 Å². The van der Waals surface area contributed by atoms with E-state index in [1.807, 2.05) is 0 Å². The van der Waals surface area contributed by atoms with E-state index < -0.39 is 0 Å². The lowest BCUT2D eigenvalue weighted by Crippen LogP contribution is -2.48. The molecule has 3 aliphatic rings. The Bertz CT molecular complexity index is 847. The van der Waals surface area contributed by atoms with Crippen molar-refractivity contribution < 1.29 is 4.79 Å². The minimum atomic E-state index is 0.289. The molecule has 0 saturated carbocycles. The maximum atomic E-state index is 13.1.